The number of nitrogens with two attached hydrogens (primary N) is 1. The van der Waals surface area contributed by atoms with Crippen molar-refractivity contribution in [3.8, 4) is 0 Å². The Labute approximate surface area is 90.7 Å². The van der Waals surface area contributed by atoms with Crippen molar-refractivity contribution in [2.75, 3.05) is 26.3 Å². The van der Waals surface area contributed by atoms with E-state index < -0.39 is 10.2 Å². The molecule has 6 nitrogen and oxygen atoms in total. The first kappa shape index (κ1) is 12.9. The van der Waals surface area contributed by atoms with E-state index in [2.05, 4.69) is 9.44 Å². The van der Waals surface area contributed by atoms with Gasteiger partial charge in [0.15, 0.2) is 0 Å². The predicted molar refractivity (Wildman–Crippen MR) is 57.6 cm³/mol. The van der Waals surface area contributed by atoms with Gasteiger partial charge < -0.3 is 10.5 Å². The highest BCUT2D eigenvalue weighted by molar-refractivity contribution is 7.87. The monoisotopic (exact) mass is 237 g/mol. The van der Waals surface area contributed by atoms with E-state index in [1.54, 1.807) is 0 Å². The second-order valence-corrected chi connectivity index (χ2v) is 5.08. The third-order valence-electron chi connectivity index (χ3n) is 1.92. The summed E-state index contributed by atoms with van der Waals surface area (Å²) in [4.78, 5) is 0. The largest absolute Gasteiger partial charge is 0.380 e. The van der Waals surface area contributed by atoms with Crippen LogP contribution in [0.15, 0.2) is 0 Å². The molecule has 0 atom stereocenters. The van der Waals surface area contributed by atoms with Gasteiger partial charge in [0.2, 0.25) is 0 Å². The minimum Gasteiger partial charge on any atom is -0.380 e. The van der Waals surface area contributed by atoms with Crippen molar-refractivity contribution in [1.82, 2.24) is 9.44 Å². The van der Waals surface area contributed by atoms with E-state index in [1.807, 2.05) is 0 Å². The number of ether oxygens (including phenoxy) is 1. The molecular weight excluding hydrogens is 218 g/mol. The molecule has 1 saturated carbocycles. The smallest absolute Gasteiger partial charge is 0.277 e. The first-order chi connectivity index (χ1) is 7.14. The molecule has 0 amide bonds. The zero-order valence-corrected chi connectivity index (χ0v) is 9.55. The molecule has 0 aromatic heterocycles. The summed E-state index contributed by atoms with van der Waals surface area (Å²) in [5.74, 6) is 0. The van der Waals surface area contributed by atoms with Gasteiger partial charge in [-0.15, -0.1) is 0 Å². The van der Waals surface area contributed by atoms with Gasteiger partial charge in [0.1, 0.15) is 0 Å². The van der Waals surface area contributed by atoms with Gasteiger partial charge >= 0.3 is 0 Å². The van der Waals surface area contributed by atoms with Crippen molar-refractivity contribution in [3.05, 3.63) is 0 Å². The van der Waals surface area contributed by atoms with Crippen LogP contribution in [0.5, 0.6) is 0 Å². The summed E-state index contributed by atoms with van der Waals surface area (Å²) in [6, 6.07) is 0.149. The Morgan fingerprint density at radius 3 is 2.67 bits per heavy atom. The first-order valence-electron chi connectivity index (χ1n) is 5.19. The maximum absolute atomic E-state index is 11.3. The highest BCUT2D eigenvalue weighted by Crippen LogP contribution is 2.19. The van der Waals surface area contributed by atoms with E-state index in [4.69, 9.17) is 10.5 Å². The zero-order chi connectivity index (χ0) is 11.1. The molecule has 90 valence electrons. The molecule has 0 aromatic rings. The van der Waals surface area contributed by atoms with Crippen LogP contribution in [0.1, 0.15) is 19.3 Å². The molecule has 0 aliphatic heterocycles. The molecule has 15 heavy (non-hydrogen) atoms. The molecule has 1 fully saturated rings. The third kappa shape index (κ3) is 6.80. The lowest BCUT2D eigenvalue weighted by molar-refractivity contribution is 0.140. The maximum Gasteiger partial charge on any atom is 0.277 e. The Morgan fingerprint density at radius 1 is 1.33 bits per heavy atom. The SMILES string of the molecule is NCCOCCCNS(=O)(=O)NC1CC1. The van der Waals surface area contributed by atoms with Crippen LogP contribution < -0.4 is 15.2 Å². The standard InChI is InChI=1S/C8H19N3O3S/c9-4-7-14-6-1-5-10-15(12,13)11-8-2-3-8/h8,10-11H,1-7,9H2. The van der Waals surface area contributed by atoms with Crippen molar-refractivity contribution >= 4 is 10.2 Å². The summed E-state index contributed by atoms with van der Waals surface area (Å²) >= 11 is 0. The Hall–Kier alpha value is -0.210. The summed E-state index contributed by atoms with van der Waals surface area (Å²) in [6.45, 7) is 1.94. The second-order valence-electron chi connectivity index (χ2n) is 3.54. The van der Waals surface area contributed by atoms with E-state index in [-0.39, 0.29) is 6.04 Å². The van der Waals surface area contributed by atoms with Gasteiger partial charge in [-0.05, 0) is 19.3 Å². The van der Waals surface area contributed by atoms with Crippen molar-refractivity contribution in [1.29, 1.82) is 0 Å². The molecule has 0 bridgehead atoms. The molecule has 0 spiro atoms. The maximum atomic E-state index is 11.3. The highest BCUT2D eigenvalue weighted by atomic mass is 32.2. The van der Waals surface area contributed by atoms with Crippen LogP contribution in [0.2, 0.25) is 0 Å². The molecule has 0 saturated heterocycles. The fraction of sp³-hybridized carbons (Fsp3) is 1.00. The summed E-state index contributed by atoms with van der Waals surface area (Å²) in [6.07, 6.45) is 2.55. The molecule has 0 aromatic carbocycles. The van der Waals surface area contributed by atoms with E-state index in [0.29, 0.717) is 32.7 Å². The van der Waals surface area contributed by atoms with Gasteiger partial charge in [-0.25, -0.2) is 4.72 Å². The Morgan fingerprint density at radius 2 is 2.07 bits per heavy atom. The number of hydrogen-bond donors (Lipinski definition) is 3. The van der Waals surface area contributed by atoms with Crippen LogP contribution in [0.3, 0.4) is 0 Å². The minimum atomic E-state index is -3.29. The second kappa shape index (κ2) is 6.39. The summed E-state index contributed by atoms with van der Waals surface area (Å²) in [5, 5.41) is 0. The highest BCUT2D eigenvalue weighted by Gasteiger charge is 2.26. The fourth-order valence-electron chi connectivity index (χ4n) is 1.03. The lowest BCUT2D eigenvalue weighted by atomic mass is 10.5. The number of hydrogen-bond acceptors (Lipinski definition) is 4. The van der Waals surface area contributed by atoms with Crippen molar-refractivity contribution in [2.45, 2.75) is 25.3 Å². The van der Waals surface area contributed by atoms with Crippen LogP contribution >= 0.6 is 0 Å². The van der Waals surface area contributed by atoms with E-state index in [0.717, 1.165) is 12.8 Å². The van der Waals surface area contributed by atoms with Crippen molar-refractivity contribution < 1.29 is 13.2 Å². The Balaban J connectivity index is 1.98. The summed E-state index contributed by atoms with van der Waals surface area (Å²) < 4.78 is 32.7. The van der Waals surface area contributed by atoms with Gasteiger partial charge in [-0.1, -0.05) is 0 Å². The molecule has 1 aliphatic rings. The normalized spacial score (nSPS) is 16.9. The molecule has 1 aliphatic carbocycles. The zero-order valence-electron chi connectivity index (χ0n) is 8.74. The Kier molecular flexibility index (Phi) is 5.48. The van der Waals surface area contributed by atoms with Crippen LogP contribution in [-0.4, -0.2) is 40.8 Å². The van der Waals surface area contributed by atoms with Gasteiger partial charge in [0, 0.05) is 25.7 Å². The first-order valence-corrected chi connectivity index (χ1v) is 6.67. The van der Waals surface area contributed by atoms with Crippen LogP contribution in [-0.2, 0) is 14.9 Å². The van der Waals surface area contributed by atoms with Crippen molar-refractivity contribution in [3.63, 3.8) is 0 Å². The fourth-order valence-corrected chi connectivity index (χ4v) is 2.20. The average molecular weight is 237 g/mol. The minimum absolute atomic E-state index is 0.149. The Bertz CT molecular complexity index is 264. The van der Waals surface area contributed by atoms with Gasteiger partial charge in [-0.2, -0.15) is 13.1 Å². The molecule has 7 heteroatoms. The van der Waals surface area contributed by atoms with Crippen LogP contribution in [0.4, 0.5) is 0 Å². The lowest BCUT2D eigenvalue weighted by Crippen LogP contribution is -2.38. The van der Waals surface area contributed by atoms with E-state index in [1.165, 1.54) is 0 Å². The number of nitrogens with one attached hydrogen (secondary N) is 2. The topological polar surface area (TPSA) is 93.4 Å². The van der Waals surface area contributed by atoms with E-state index >= 15 is 0 Å². The third-order valence-corrected chi connectivity index (χ3v) is 3.15. The quantitative estimate of drug-likeness (QED) is 0.446. The summed E-state index contributed by atoms with van der Waals surface area (Å²) in [7, 11) is -3.29. The average Bonchev–Trinajstić information content (AvgIpc) is 2.94. The lowest BCUT2D eigenvalue weighted by Gasteiger charge is -2.07. The summed E-state index contributed by atoms with van der Waals surface area (Å²) in [5.41, 5.74) is 5.23. The van der Waals surface area contributed by atoms with Gasteiger partial charge in [-0.3, -0.25) is 0 Å². The van der Waals surface area contributed by atoms with Gasteiger partial charge in [0.25, 0.3) is 10.2 Å². The van der Waals surface area contributed by atoms with E-state index in [9.17, 15) is 8.42 Å². The molecule has 0 unspecified atom stereocenters. The molecule has 0 heterocycles. The molecular formula is C8H19N3O3S. The molecule has 1 rings (SSSR count). The molecule has 0 radical (unpaired) electrons. The van der Waals surface area contributed by atoms with Crippen LogP contribution in [0, 0.1) is 0 Å². The van der Waals surface area contributed by atoms with Crippen LogP contribution in [0.25, 0.3) is 0 Å². The number of rotatable bonds is 9. The van der Waals surface area contributed by atoms with Crippen molar-refractivity contribution in [2.24, 2.45) is 5.73 Å². The molecule has 4 N–H and O–H groups in total. The predicted octanol–water partition coefficient (Wildman–Crippen LogP) is -1.06. The van der Waals surface area contributed by atoms with Gasteiger partial charge in [0.05, 0.1) is 6.61 Å².